The fourth-order valence-corrected chi connectivity index (χ4v) is 2.97. The van der Waals surface area contributed by atoms with Crippen molar-refractivity contribution < 1.29 is 4.57 Å². The van der Waals surface area contributed by atoms with E-state index in [1.165, 1.54) is 10.9 Å². The molecule has 0 aliphatic heterocycles. The van der Waals surface area contributed by atoms with Crippen molar-refractivity contribution in [3.05, 3.63) is 85.6 Å². The highest BCUT2D eigenvalue weighted by Crippen LogP contribution is 2.23. The van der Waals surface area contributed by atoms with Gasteiger partial charge in [0.05, 0.1) is 16.8 Å². The van der Waals surface area contributed by atoms with E-state index in [1.807, 2.05) is 18.2 Å². The lowest BCUT2D eigenvalue weighted by atomic mass is 10.1. The summed E-state index contributed by atoms with van der Waals surface area (Å²) < 4.78 is 2.22. The Balaban J connectivity index is 1.94. The van der Waals surface area contributed by atoms with Crippen LogP contribution in [0.4, 0.5) is 0 Å². The Bertz CT molecular complexity index is 1020. The monoisotopic (exact) mass is 297 g/mol. The predicted molar refractivity (Wildman–Crippen MR) is 95.1 cm³/mol. The molecule has 0 amide bonds. The molecular formula is C21H17N2+. The van der Waals surface area contributed by atoms with Crippen molar-refractivity contribution in [2.75, 3.05) is 0 Å². The molecule has 0 unspecified atom stereocenters. The summed E-state index contributed by atoms with van der Waals surface area (Å²) in [4.78, 5) is 4.81. The van der Waals surface area contributed by atoms with Crippen LogP contribution in [0.2, 0.25) is 0 Å². The Hall–Kier alpha value is -3.00. The molecule has 2 aromatic carbocycles. The SMILES string of the molecule is C=CC[n+]1cc(-c2ccc3ccccc3n2)cc2ccccc21. The molecule has 0 bridgehead atoms. The topological polar surface area (TPSA) is 16.8 Å². The van der Waals surface area contributed by atoms with Gasteiger partial charge in [-0.3, -0.25) is 0 Å². The number of nitrogens with zero attached hydrogens (tertiary/aromatic N) is 2. The summed E-state index contributed by atoms with van der Waals surface area (Å²) in [5.74, 6) is 0. The molecule has 0 fully saturated rings. The van der Waals surface area contributed by atoms with Gasteiger partial charge in [0.15, 0.2) is 12.7 Å². The fraction of sp³-hybridized carbons (Fsp3) is 0.0476. The van der Waals surface area contributed by atoms with Gasteiger partial charge in [0.1, 0.15) is 0 Å². The van der Waals surface area contributed by atoms with Crippen molar-refractivity contribution in [2.45, 2.75) is 6.54 Å². The Morgan fingerprint density at radius 3 is 2.57 bits per heavy atom. The highest BCUT2D eigenvalue weighted by molar-refractivity contribution is 5.84. The summed E-state index contributed by atoms with van der Waals surface area (Å²) in [5, 5.41) is 2.37. The van der Waals surface area contributed by atoms with E-state index in [4.69, 9.17) is 4.98 Å². The van der Waals surface area contributed by atoms with Gasteiger partial charge in [-0.15, -0.1) is 0 Å². The maximum Gasteiger partial charge on any atom is 0.212 e. The predicted octanol–water partition coefficient (Wildman–Crippen LogP) is 4.53. The van der Waals surface area contributed by atoms with Crippen LogP contribution in [-0.4, -0.2) is 4.98 Å². The third-order valence-corrected chi connectivity index (χ3v) is 4.07. The van der Waals surface area contributed by atoms with Crippen LogP contribution in [0.15, 0.2) is 85.6 Å². The Kier molecular flexibility index (Phi) is 3.35. The molecule has 23 heavy (non-hydrogen) atoms. The van der Waals surface area contributed by atoms with Crippen LogP contribution < -0.4 is 4.57 Å². The molecule has 2 aromatic heterocycles. The summed E-state index contributed by atoms with van der Waals surface area (Å²) in [6.45, 7) is 4.65. The molecular weight excluding hydrogens is 280 g/mol. The Morgan fingerprint density at radius 1 is 0.913 bits per heavy atom. The van der Waals surface area contributed by atoms with E-state index in [9.17, 15) is 0 Å². The van der Waals surface area contributed by atoms with Gasteiger partial charge in [0, 0.05) is 16.8 Å². The summed E-state index contributed by atoms with van der Waals surface area (Å²) in [5.41, 5.74) is 4.34. The maximum atomic E-state index is 4.81. The Morgan fingerprint density at radius 2 is 1.70 bits per heavy atom. The first-order valence-corrected chi connectivity index (χ1v) is 7.74. The van der Waals surface area contributed by atoms with Crippen molar-refractivity contribution in [3.8, 4) is 11.3 Å². The first-order valence-electron chi connectivity index (χ1n) is 7.74. The maximum absolute atomic E-state index is 4.81. The fourth-order valence-electron chi connectivity index (χ4n) is 2.97. The molecule has 0 aliphatic carbocycles. The van der Waals surface area contributed by atoms with E-state index in [-0.39, 0.29) is 0 Å². The number of hydrogen-bond acceptors (Lipinski definition) is 1. The van der Waals surface area contributed by atoms with Crippen LogP contribution in [-0.2, 0) is 6.54 Å². The number of para-hydroxylation sites is 2. The van der Waals surface area contributed by atoms with Crippen molar-refractivity contribution in [1.29, 1.82) is 0 Å². The van der Waals surface area contributed by atoms with Gasteiger partial charge in [-0.25, -0.2) is 4.98 Å². The second-order valence-electron chi connectivity index (χ2n) is 5.62. The molecule has 0 radical (unpaired) electrons. The standard InChI is InChI=1S/C21H17N2/c1-2-13-23-15-18(14-17-8-4-6-10-21(17)23)20-12-11-16-7-3-5-9-19(16)22-20/h2-12,14-15H,1,13H2/q+1. The quantitative estimate of drug-likeness (QED) is 0.401. The van der Waals surface area contributed by atoms with Gasteiger partial charge in [0.25, 0.3) is 0 Å². The van der Waals surface area contributed by atoms with Gasteiger partial charge in [-0.1, -0.05) is 43.0 Å². The number of fused-ring (bicyclic) bond motifs is 2. The van der Waals surface area contributed by atoms with E-state index in [1.54, 1.807) is 0 Å². The molecule has 4 aromatic rings. The van der Waals surface area contributed by atoms with Crippen molar-refractivity contribution >= 4 is 21.8 Å². The van der Waals surface area contributed by atoms with Crippen molar-refractivity contribution in [3.63, 3.8) is 0 Å². The average Bonchev–Trinajstić information content (AvgIpc) is 2.61. The number of pyridine rings is 2. The van der Waals surface area contributed by atoms with Crippen molar-refractivity contribution in [2.24, 2.45) is 0 Å². The summed E-state index contributed by atoms with van der Waals surface area (Å²) in [7, 11) is 0. The third-order valence-electron chi connectivity index (χ3n) is 4.07. The lowest BCUT2D eigenvalue weighted by Gasteiger charge is -2.05. The molecule has 2 nitrogen and oxygen atoms in total. The summed E-state index contributed by atoms with van der Waals surface area (Å²) in [6, 6.07) is 23.0. The van der Waals surface area contributed by atoms with E-state index in [0.717, 1.165) is 28.7 Å². The van der Waals surface area contributed by atoms with Crippen LogP contribution >= 0.6 is 0 Å². The minimum absolute atomic E-state index is 0.780. The number of hydrogen-bond donors (Lipinski definition) is 0. The molecule has 2 heteroatoms. The second-order valence-corrected chi connectivity index (χ2v) is 5.62. The van der Waals surface area contributed by atoms with Gasteiger partial charge >= 0.3 is 0 Å². The lowest BCUT2D eigenvalue weighted by Crippen LogP contribution is -2.33. The largest absolute Gasteiger partial charge is 0.248 e. The minimum atomic E-state index is 0.780. The number of aromatic nitrogens is 2. The average molecular weight is 297 g/mol. The number of benzene rings is 2. The molecule has 0 saturated carbocycles. The van der Waals surface area contributed by atoms with E-state index < -0.39 is 0 Å². The third kappa shape index (κ3) is 2.49. The highest BCUT2D eigenvalue weighted by Gasteiger charge is 2.12. The smallest absolute Gasteiger partial charge is 0.212 e. The van der Waals surface area contributed by atoms with E-state index >= 15 is 0 Å². The van der Waals surface area contributed by atoms with Crippen LogP contribution in [0.1, 0.15) is 0 Å². The first kappa shape index (κ1) is 13.6. The zero-order valence-corrected chi connectivity index (χ0v) is 12.8. The second kappa shape index (κ2) is 5.65. The zero-order chi connectivity index (χ0) is 15.6. The van der Waals surface area contributed by atoms with Gasteiger partial charge < -0.3 is 0 Å². The molecule has 0 aliphatic rings. The minimum Gasteiger partial charge on any atom is -0.248 e. The first-order chi connectivity index (χ1) is 11.3. The Labute approximate surface area is 135 Å². The van der Waals surface area contributed by atoms with Crippen LogP contribution in [0.5, 0.6) is 0 Å². The molecule has 110 valence electrons. The summed E-state index contributed by atoms with van der Waals surface area (Å²) >= 11 is 0. The van der Waals surface area contributed by atoms with Gasteiger partial charge in [0.2, 0.25) is 5.52 Å². The van der Waals surface area contributed by atoms with Crippen LogP contribution in [0.25, 0.3) is 33.1 Å². The van der Waals surface area contributed by atoms with E-state index in [2.05, 4.69) is 71.9 Å². The molecule has 0 atom stereocenters. The molecule has 0 saturated heterocycles. The van der Waals surface area contributed by atoms with Gasteiger partial charge in [-0.2, -0.15) is 4.57 Å². The van der Waals surface area contributed by atoms with Crippen LogP contribution in [0.3, 0.4) is 0 Å². The number of allylic oxidation sites excluding steroid dienone is 1. The zero-order valence-electron chi connectivity index (χ0n) is 12.8. The summed E-state index contributed by atoms with van der Waals surface area (Å²) in [6.07, 6.45) is 4.07. The van der Waals surface area contributed by atoms with E-state index in [0.29, 0.717) is 0 Å². The molecule has 0 spiro atoms. The van der Waals surface area contributed by atoms with Crippen LogP contribution in [0, 0.1) is 0 Å². The van der Waals surface area contributed by atoms with Crippen molar-refractivity contribution in [1.82, 2.24) is 4.98 Å². The molecule has 2 heterocycles. The van der Waals surface area contributed by atoms with Gasteiger partial charge in [-0.05, 0) is 30.3 Å². The highest BCUT2D eigenvalue weighted by atomic mass is 14.9. The normalized spacial score (nSPS) is 11.0. The number of rotatable bonds is 3. The lowest BCUT2D eigenvalue weighted by molar-refractivity contribution is -0.660. The molecule has 4 rings (SSSR count). The molecule has 0 N–H and O–H groups in total.